The number of aryl methyl sites for hydroxylation is 1. The summed E-state index contributed by atoms with van der Waals surface area (Å²) in [5.41, 5.74) is 3.78. The summed E-state index contributed by atoms with van der Waals surface area (Å²) in [5, 5.41) is 1.78. The van der Waals surface area contributed by atoms with Crippen LogP contribution in [0, 0.1) is 0 Å². The van der Waals surface area contributed by atoms with E-state index in [4.69, 9.17) is 10.5 Å². The summed E-state index contributed by atoms with van der Waals surface area (Å²) in [7, 11) is 2.74. The standard InChI is InChI=1S/C13H16N6O6/c1-6(10(21)16-12(14)23)25-7(20)4-19-5-15-9-8(19)11(22)18(3)13(24)17(9)2/h5-6H,4H2,1-3H3,(H3,14,16,21,23). The maximum Gasteiger partial charge on any atom is 0.332 e. The maximum absolute atomic E-state index is 12.2. The van der Waals surface area contributed by atoms with Gasteiger partial charge >= 0.3 is 17.7 Å². The zero-order chi connectivity index (χ0) is 18.9. The van der Waals surface area contributed by atoms with Gasteiger partial charge in [0.1, 0.15) is 6.54 Å². The molecule has 2 rings (SSSR count). The molecule has 2 heterocycles. The zero-order valence-electron chi connectivity index (χ0n) is 13.7. The number of nitrogens with zero attached hydrogens (tertiary/aromatic N) is 4. The van der Waals surface area contributed by atoms with Crippen molar-refractivity contribution in [3.63, 3.8) is 0 Å². The van der Waals surface area contributed by atoms with Crippen molar-refractivity contribution in [1.29, 1.82) is 0 Å². The van der Waals surface area contributed by atoms with Crippen LogP contribution in [-0.4, -0.2) is 42.7 Å². The van der Waals surface area contributed by atoms with E-state index >= 15 is 0 Å². The third kappa shape index (κ3) is 3.41. The summed E-state index contributed by atoms with van der Waals surface area (Å²) in [6.45, 7) is 0.836. The number of amides is 3. The summed E-state index contributed by atoms with van der Waals surface area (Å²) < 4.78 is 8.13. The highest BCUT2D eigenvalue weighted by molar-refractivity contribution is 5.96. The Hall–Kier alpha value is -3.44. The second-order valence-corrected chi connectivity index (χ2v) is 5.24. The van der Waals surface area contributed by atoms with Gasteiger partial charge in [0, 0.05) is 14.1 Å². The Morgan fingerprint density at radius 3 is 2.52 bits per heavy atom. The molecule has 25 heavy (non-hydrogen) atoms. The Kier molecular flexibility index (Phi) is 4.72. The number of aromatic nitrogens is 4. The monoisotopic (exact) mass is 352 g/mol. The van der Waals surface area contributed by atoms with E-state index in [0.717, 1.165) is 4.57 Å². The van der Waals surface area contributed by atoms with Crippen LogP contribution in [0.4, 0.5) is 4.79 Å². The van der Waals surface area contributed by atoms with E-state index in [1.165, 1.54) is 36.5 Å². The molecule has 0 aliphatic rings. The second-order valence-electron chi connectivity index (χ2n) is 5.24. The molecule has 0 radical (unpaired) electrons. The van der Waals surface area contributed by atoms with Gasteiger partial charge in [-0.3, -0.25) is 28.8 Å². The Labute approximate surface area is 139 Å². The number of ether oxygens (including phenoxy) is 1. The van der Waals surface area contributed by atoms with Gasteiger partial charge in [-0.25, -0.2) is 14.6 Å². The highest BCUT2D eigenvalue weighted by Crippen LogP contribution is 2.06. The molecule has 2 aromatic rings. The molecule has 1 atom stereocenters. The van der Waals surface area contributed by atoms with E-state index in [2.05, 4.69) is 4.98 Å². The van der Waals surface area contributed by atoms with Crippen molar-refractivity contribution in [2.24, 2.45) is 19.8 Å². The summed E-state index contributed by atoms with van der Waals surface area (Å²) in [5.74, 6) is -1.73. The molecular weight excluding hydrogens is 336 g/mol. The minimum absolute atomic E-state index is 0.0378. The van der Waals surface area contributed by atoms with Gasteiger partial charge in [0.2, 0.25) is 0 Å². The number of hydrogen-bond donors (Lipinski definition) is 2. The molecule has 12 nitrogen and oxygen atoms in total. The number of esters is 1. The van der Waals surface area contributed by atoms with Crippen LogP contribution in [-0.2, 0) is 35.0 Å². The molecule has 3 amide bonds. The summed E-state index contributed by atoms with van der Waals surface area (Å²) in [6, 6.07) is -1.07. The van der Waals surface area contributed by atoms with Gasteiger partial charge < -0.3 is 15.0 Å². The molecule has 3 N–H and O–H groups in total. The minimum atomic E-state index is -1.26. The molecule has 0 spiro atoms. The molecule has 134 valence electrons. The van der Waals surface area contributed by atoms with Crippen molar-refractivity contribution in [2.75, 3.05) is 0 Å². The number of imide groups is 1. The average molecular weight is 352 g/mol. The quantitative estimate of drug-likeness (QED) is 0.578. The van der Waals surface area contributed by atoms with E-state index in [1.54, 1.807) is 5.32 Å². The lowest BCUT2D eigenvalue weighted by molar-refractivity contribution is -0.154. The van der Waals surface area contributed by atoms with Gasteiger partial charge in [-0.05, 0) is 6.92 Å². The molecule has 0 aliphatic heterocycles. The van der Waals surface area contributed by atoms with Crippen LogP contribution in [0.2, 0.25) is 0 Å². The number of nitrogens with one attached hydrogen (secondary N) is 1. The first-order valence-electron chi connectivity index (χ1n) is 7.04. The number of primary amides is 1. The Morgan fingerprint density at radius 2 is 1.92 bits per heavy atom. The van der Waals surface area contributed by atoms with Gasteiger partial charge in [0.05, 0.1) is 6.33 Å². The van der Waals surface area contributed by atoms with Crippen LogP contribution in [0.1, 0.15) is 6.92 Å². The average Bonchev–Trinajstić information content (AvgIpc) is 2.93. The van der Waals surface area contributed by atoms with E-state index in [1.807, 2.05) is 0 Å². The molecule has 0 aliphatic carbocycles. The van der Waals surface area contributed by atoms with Gasteiger partial charge in [-0.2, -0.15) is 0 Å². The van der Waals surface area contributed by atoms with E-state index in [-0.39, 0.29) is 11.2 Å². The molecule has 1 unspecified atom stereocenters. The molecule has 0 saturated heterocycles. The van der Waals surface area contributed by atoms with Crippen LogP contribution in [0.15, 0.2) is 15.9 Å². The van der Waals surface area contributed by atoms with Crippen LogP contribution < -0.4 is 22.3 Å². The van der Waals surface area contributed by atoms with Crippen LogP contribution >= 0.6 is 0 Å². The summed E-state index contributed by atoms with van der Waals surface area (Å²) >= 11 is 0. The van der Waals surface area contributed by atoms with Crippen molar-refractivity contribution in [2.45, 2.75) is 19.6 Å². The van der Waals surface area contributed by atoms with Gasteiger partial charge in [-0.15, -0.1) is 0 Å². The van der Waals surface area contributed by atoms with Crippen LogP contribution in [0.3, 0.4) is 0 Å². The van der Waals surface area contributed by atoms with Gasteiger partial charge in [0.25, 0.3) is 11.5 Å². The number of imidazole rings is 1. The topological polar surface area (TPSA) is 160 Å². The summed E-state index contributed by atoms with van der Waals surface area (Å²) in [4.78, 5) is 62.1. The lowest BCUT2D eigenvalue weighted by Gasteiger charge is -2.12. The number of hydrogen-bond acceptors (Lipinski definition) is 7. The van der Waals surface area contributed by atoms with Crippen molar-refractivity contribution in [3.05, 3.63) is 27.2 Å². The Morgan fingerprint density at radius 1 is 1.28 bits per heavy atom. The normalized spacial score (nSPS) is 12.0. The maximum atomic E-state index is 12.2. The number of rotatable bonds is 4. The fourth-order valence-corrected chi connectivity index (χ4v) is 2.17. The third-order valence-electron chi connectivity index (χ3n) is 3.44. The van der Waals surface area contributed by atoms with Crippen LogP contribution in [0.5, 0.6) is 0 Å². The molecular formula is C13H16N6O6. The first-order chi connectivity index (χ1) is 11.6. The molecule has 12 heteroatoms. The Bertz CT molecular complexity index is 983. The lowest BCUT2D eigenvalue weighted by atomic mass is 10.4. The molecule has 0 bridgehead atoms. The van der Waals surface area contributed by atoms with Crippen LogP contribution in [0.25, 0.3) is 11.2 Å². The smallest absolute Gasteiger partial charge is 0.332 e. The highest BCUT2D eigenvalue weighted by atomic mass is 16.5. The van der Waals surface area contributed by atoms with Gasteiger partial charge in [0.15, 0.2) is 17.3 Å². The minimum Gasteiger partial charge on any atom is -0.451 e. The lowest BCUT2D eigenvalue weighted by Crippen LogP contribution is -2.42. The number of urea groups is 1. The highest BCUT2D eigenvalue weighted by Gasteiger charge is 2.21. The third-order valence-corrected chi connectivity index (χ3v) is 3.44. The first-order valence-corrected chi connectivity index (χ1v) is 7.04. The fraction of sp³-hybridized carbons (Fsp3) is 0.385. The van der Waals surface area contributed by atoms with Crippen molar-refractivity contribution >= 4 is 29.1 Å². The van der Waals surface area contributed by atoms with Crippen molar-refractivity contribution in [1.82, 2.24) is 24.0 Å². The van der Waals surface area contributed by atoms with Crippen molar-refractivity contribution in [3.8, 4) is 0 Å². The Balaban J connectivity index is 2.25. The molecule has 0 fully saturated rings. The van der Waals surface area contributed by atoms with E-state index in [0.29, 0.717) is 0 Å². The number of nitrogens with two attached hydrogens (primary N) is 1. The van der Waals surface area contributed by atoms with E-state index in [9.17, 15) is 24.0 Å². The molecule has 0 aromatic carbocycles. The SMILES string of the molecule is CC(OC(=O)Cn1cnc2c1c(=O)n(C)c(=O)n2C)C(=O)NC(N)=O. The number of carbonyl (C=O) groups is 3. The fourth-order valence-electron chi connectivity index (χ4n) is 2.17. The van der Waals surface area contributed by atoms with Gasteiger partial charge in [-0.1, -0.05) is 0 Å². The van der Waals surface area contributed by atoms with E-state index < -0.39 is 41.8 Å². The predicted octanol–water partition coefficient (Wildman–Crippen LogP) is -2.44. The predicted molar refractivity (Wildman–Crippen MR) is 83.5 cm³/mol. The second kappa shape index (κ2) is 6.59. The zero-order valence-corrected chi connectivity index (χ0v) is 13.7. The summed E-state index contributed by atoms with van der Waals surface area (Å²) in [6.07, 6.45) is -0.0528. The molecule has 0 saturated carbocycles. The largest absolute Gasteiger partial charge is 0.451 e. The molecule has 2 aromatic heterocycles. The number of carbonyl (C=O) groups excluding carboxylic acids is 3. The number of fused-ring (bicyclic) bond motifs is 1. The first kappa shape index (κ1) is 17.9. The van der Waals surface area contributed by atoms with Crippen molar-refractivity contribution < 1.29 is 19.1 Å².